The molecular formula is C11H17NO2. The Morgan fingerprint density at radius 1 is 1.29 bits per heavy atom. The van der Waals surface area contributed by atoms with Crippen molar-refractivity contribution >= 4 is 11.7 Å². The molecule has 2 heterocycles. The lowest BCUT2D eigenvalue weighted by Gasteiger charge is -2.36. The molecule has 0 N–H and O–H groups in total. The SMILES string of the molecule is CC(=O)[C@@H]1CC[C@@H]2CC[C@H](C)C(=O)N21. The first-order valence-electron chi connectivity index (χ1n) is 5.44. The van der Waals surface area contributed by atoms with Gasteiger partial charge in [0.1, 0.15) is 0 Å². The van der Waals surface area contributed by atoms with Gasteiger partial charge in [0, 0.05) is 12.0 Å². The molecule has 0 spiro atoms. The average Bonchev–Trinajstić information content (AvgIpc) is 2.55. The van der Waals surface area contributed by atoms with Crippen molar-refractivity contribution in [1.29, 1.82) is 0 Å². The molecule has 0 aromatic rings. The van der Waals surface area contributed by atoms with E-state index in [-0.39, 0.29) is 23.7 Å². The Morgan fingerprint density at radius 2 is 1.93 bits per heavy atom. The highest BCUT2D eigenvalue weighted by molar-refractivity contribution is 5.89. The predicted octanol–water partition coefficient (Wildman–Crippen LogP) is 1.36. The topological polar surface area (TPSA) is 37.4 Å². The summed E-state index contributed by atoms with van der Waals surface area (Å²) in [7, 11) is 0. The van der Waals surface area contributed by atoms with Gasteiger partial charge in [-0.2, -0.15) is 0 Å². The van der Waals surface area contributed by atoms with Crippen LogP contribution in [0.1, 0.15) is 39.5 Å². The van der Waals surface area contributed by atoms with Gasteiger partial charge in [0.15, 0.2) is 5.78 Å². The van der Waals surface area contributed by atoms with Crippen LogP contribution in [0, 0.1) is 5.92 Å². The molecule has 2 saturated heterocycles. The fourth-order valence-electron chi connectivity index (χ4n) is 2.72. The van der Waals surface area contributed by atoms with Gasteiger partial charge in [-0.25, -0.2) is 0 Å². The molecule has 1 amide bonds. The second kappa shape index (κ2) is 3.37. The van der Waals surface area contributed by atoms with E-state index in [9.17, 15) is 9.59 Å². The molecule has 0 bridgehead atoms. The van der Waals surface area contributed by atoms with E-state index in [1.54, 1.807) is 6.92 Å². The van der Waals surface area contributed by atoms with Crippen molar-refractivity contribution in [1.82, 2.24) is 4.90 Å². The van der Waals surface area contributed by atoms with Crippen LogP contribution in [0.15, 0.2) is 0 Å². The summed E-state index contributed by atoms with van der Waals surface area (Å²) >= 11 is 0. The van der Waals surface area contributed by atoms with Crippen LogP contribution in [0.3, 0.4) is 0 Å². The van der Waals surface area contributed by atoms with E-state index in [0.29, 0.717) is 6.04 Å². The molecule has 3 heteroatoms. The molecule has 3 atom stereocenters. The maximum atomic E-state index is 11.9. The van der Waals surface area contributed by atoms with Crippen molar-refractivity contribution < 1.29 is 9.59 Å². The number of Topliss-reactive ketones (excluding diaryl/α,β-unsaturated/α-hetero) is 1. The van der Waals surface area contributed by atoms with Gasteiger partial charge >= 0.3 is 0 Å². The van der Waals surface area contributed by atoms with Gasteiger partial charge < -0.3 is 4.90 Å². The number of hydrogen-bond donors (Lipinski definition) is 0. The van der Waals surface area contributed by atoms with Gasteiger partial charge in [0.2, 0.25) is 5.91 Å². The molecule has 0 unspecified atom stereocenters. The van der Waals surface area contributed by atoms with Gasteiger partial charge in [-0.05, 0) is 32.6 Å². The standard InChI is InChI=1S/C11H17NO2/c1-7-3-4-9-5-6-10(8(2)13)12(9)11(7)14/h7,9-10H,3-6H2,1-2H3/t7-,9-,10-/m0/s1. The number of hydrogen-bond acceptors (Lipinski definition) is 2. The molecular weight excluding hydrogens is 178 g/mol. The number of nitrogens with zero attached hydrogens (tertiary/aromatic N) is 1. The summed E-state index contributed by atoms with van der Waals surface area (Å²) in [6.07, 6.45) is 3.96. The molecule has 0 radical (unpaired) electrons. The normalized spacial score (nSPS) is 37.1. The number of carbonyl (C=O) groups is 2. The molecule has 0 aromatic heterocycles. The highest BCUT2D eigenvalue weighted by Crippen LogP contribution is 2.34. The van der Waals surface area contributed by atoms with Crippen LogP contribution in [-0.4, -0.2) is 28.7 Å². The minimum Gasteiger partial charge on any atom is -0.329 e. The quantitative estimate of drug-likeness (QED) is 0.633. The number of ketones is 1. The number of piperidine rings is 1. The van der Waals surface area contributed by atoms with Crippen molar-refractivity contribution in [2.45, 2.75) is 51.6 Å². The van der Waals surface area contributed by atoms with E-state index in [4.69, 9.17) is 0 Å². The smallest absolute Gasteiger partial charge is 0.226 e. The van der Waals surface area contributed by atoms with Crippen molar-refractivity contribution in [3.05, 3.63) is 0 Å². The van der Waals surface area contributed by atoms with E-state index < -0.39 is 0 Å². The van der Waals surface area contributed by atoms with Crippen LogP contribution < -0.4 is 0 Å². The fourth-order valence-corrected chi connectivity index (χ4v) is 2.72. The van der Waals surface area contributed by atoms with Crippen molar-refractivity contribution in [3.8, 4) is 0 Å². The summed E-state index contributed by atoms with van der Waals surface area (Å²) in [6.45, 7) is 3.56. The van der Waals surface area contributed by atoms with Gasteiger partial charge in [0.25, 0.3) is 0 Å². The van der Waals surface area contributed by atoms with E-state index >= 15 is 0 Å². The Kier molecular flexibility index (Phi) is 2.33. The third-order valence-electron chi connectivity index (χ3n) is 3.58. The maximum Gasteiger partial charge on any atom is 0.226 e. The molecule has 2 aliphatic rings. The minimum atomic E-state index is -0.116. The lowest BCUT2D eigenvalue weighted by Crippen LogP contribution is -2.49. The highest BCUT2D eigenvalue weighted by Gasteiger charge is 2.43. The summed E-state index contributed by atoms with van der Waals surface area (Å²) in [4.78, 5) is 25.1. The maximum absolute atomic E-state index is 11.9. The summed E-state index contributed by atoms with van der Waals surface area (Å²) in [5.41, 5.74) is 0. The molecule has 3 nitrogen and oxygen atoms in total. The molecule has 14 heavy (non-hydrogen) atoms. The zero-order chi connectivity index (χ0) is 10.3. The van der Waals surface area contributed by atoms with Gasteiger partial charge in [-0.1, -0.05) is 6.92 Å². The van der Waals surface area contributed by atoms with Crippen LogP contribution >= 0.6 is 0 Å². The lowest BCUT2D eigenvalue weighted by atomic mass is 9.94. The Morgan fingerprint density at radius 3 is 2.57 bits per heavy atom. The zero-order valence-electron chi connectivity index (χ0n) is 8.82. The Hall–Kier alpha value is -0.860. The first-order chi connectivity index (χ1) is 6.61. The largest absolute Gasteiger partial charge is 0.329 e. The van der Waals surface area contributed by atoms with E-state index in [1.807, 2.05) is 11.8 Å². The van der Waals surface area contributed by atoms with Crippen molar-refractivity contribution in [2.75, 3.05) is 0 Å². The summed E-state index contributed by atoms with van der Waals surface area (Å²) in [6, 6.07) is 0.239. The van der Waals surface area contributed by atoms with Crippen molar-refractivity contribution in [3.63, 3.8) is 0 Å². The molecule has 2 fully saturated rings. The lowest BCUT2D eigenvalue weighted by molar-refractivity contribution is -0.145. The van der Waals surface area contributed by atoms with Gasteiger partial charge in [-0.15, -0.1) is 0 Å². The Labute approximate surface area is 84.5 Å². The molecule has 0 aromatic carbocycles. The third-order valence-corrected chi connectivity index (χ3v) is 3.58. The fraction of sp³-hybridized carbons (Fsp3) is 0.818. The number of carbonyl (C=O) groups excluding carboxylic acids is 2. The zero-order valence-corrected chi connectivity index (χ0v) is 8.82. The van der Waals surface area contributed by atoms with Crippen LogP contribution in [0.25, 0.3) is 0 Å². The molecule has 78 valence electrons. The average molecular weight is 195 g/mol. The minimum absolute atomic E-state index is 0.116. The highest BCUT2D eigenvalue weighted by atomic mass is 16.2. The predicted molar refractivity (Wildman–Crippen MR) is 52.7 cm³/mol. The van der Waals surface area contributed by atoms with Crippen LogP contribution in [0.2, 0.25) is 0 Å². The Balaban J connectivity index is 2.20. The second-order valence-electron chi connectivity index (χ2n) is 4.58. The van der Waals surface area contributed by atoms with E-state index in [2.05, 4.69) is 0 Å². The molecule has 0 saturated carbocycles. The first-order valence-corrected chi connectivity index (χ1v) is 5.44. The summed E-state index contributed by atoms with van der Waals surface area (Å²) < 4.78 is 0. The summed E-state index contributed by atoms with van der Waals surface area (Å²) in [5.74, 6) is 0.458. The van der Waals surface area contributed by atoms with Gasteiger partial charge in [0.05, 0.1) is 6.04 Å². The number of fused-ring (bicyclic) bond motifs is 1. The van der Waals surface area contributed by atoms with E-state index in [1.165, 1.54) is 0 Å². The summed E-state index contributed by atoms with van der Waals surface area (Å²) in [5, 5.41) is 0. The molecule has 2 rings (SSSR count). The monoisotopic (exact) mass is 195 g/mol. The van der Waals surface area contributed by atoms with Crippen LogP contribution in [0.5, 0.6) is 0 Å². The molecule has 0 aliphatic carbocycles. The van der Waals surface area contributed by atoms with Gasteiger partial charge in [-0.3, -0.25) is 9.59 Å². The number of amides is 1. The third kappa shape index (κ3) is 1.35. The molecule has 2 aliphatic heterocycles. The van der Waals surface area contributed by atoms with E-state index in [0.717, 1.165) is 25.7 Å². The Bertz CT molecular complexity index is 274. The number of rotatable bonds is 1. The van der Waals surface area contributed by atoms with Crippen LogP contribution in [-0.2, 0) is 9.59 Å². The second-order valence-corrected chi connectivity index (χ2v) is 4.58. The van der Waals surface area contributed by atoms with Crippen LogP contribution in [0.4, 0.5) is 0 Å². The van der Waals surface area contributed by atoms with Crippen molar-refractivity contribution in [2.24, 2.45) is 5.92 Å². The first kappa shape index (κ1) is 9.69.